The number of nitrogens with zero attached hydrogens (tertiary/aromatic N) is 1. The highest BCUT2D eigenvalue weighted by atomic mass is 35.5. The maximum Gasteiger partial charge on any atom is 0.316 e. The summed E-state index contributed by atoms with van der Waals surface area (Å²) in [5, 5.41) is 0.394. The second kappa shape index (κ2) is 5.34. The third-order valence-electron chi connectivity index (χ3n) is 2.60. The van der Waals surface area contributed by atoms with Crippen LogP contribution < -0.4 is 4.74 Å². The number of halogens is 3. The van der Waals surface area contributed by atoms with Gasteiger partial charge in [0.15, 0.2) is 0 Å². The minimum absolute atomic E-state index is 0.0892. The first-order valence-electron chi connectivity index (χ1n) is 5.13. The van der Waals surface area contributed by atoms with Gasteiger partial charge in [-0.1, -0.05) is 29.3 Å². The molecular weight excluding hydrogens is 284 g/mol. The van der Waals surface area contributed by atoms with E-state index in [2.05, 4.69) is 0 Å². The van der Waals surface area contributed by atoms with E-state index in [0.717, 1.165) is 6.42 Å². The third kappa shape index (κ3) is 2.97. The normalized spacial score (nSPS) is 19.5. The molecule has 3 nitrogen and oxygen atoms in total. The van der Waals surface area contributed by atoms with Gasteiger partial charge in [0.05, 0.1) is 11.6 Å². The van der Waals surface area contributed by atoms with Crippen LogP contribution in [0.3, 0.4) is 0 Å². The fraction of sp³-hybridized carbons (Fsp3) is 0.364. The SMILES string of the molecule is O=C(Cl)N1CCC(Oc2cccc(Cl)c2Cl)C1. The summed E-state index contributed by atoms with van der Waals surface area (Å²) in [6.07, 6.45) is 0.648. The molecule has 6 heteroatoms. The summed E-state index contributed by atoms with van der Waals surface area (Å²) in [5.74, 6) is 0.535. The summed E-state index contributed by atoms with van der Waals surface area (Å²) >= 11 is 17.3. The van der Waals surface area contributed by atoms with Crippen LogP contribution in [0, 0.1) is 0 Å². The lowest BCUT2D eigenvalue weighted by Gasteiger charge is -2.15. The van der Waals surface area contributed by atoms with Gasteiger partial charge in [-0.2, -0.15) is 0 Å². The molecule has 1 fully saturated rings. The fourth-order valence-corrected chi connectivity index (χ4v) is 2.23. The van der Waals surface area contributed by atoms with Crippen LogP contribution in [-0.4, -0.2) is 29.5 Å². The molecule has 1 saturated heterocycles. The lowest BCUT2D eigenvalue weighted by atomic mass is 10.3. The number of amides is 1. The van der Waals surface area contributed by atoms with Crippen molar-refractivity contribution < 1.29 is 9.53 Å². The Morgan fingerprint density at radius 2 is 2.18 bits per heavy atom. The van der Waals surface area contributed by atoms with E-state index in [1.807, 2.05) is 0 Å². The minimum Gasteiger partial charge on any atom is -0.487 e. The Balaban J connectivity index is 2.03. The van der Waals surface area contributed by atoms with Gasteiger partial charge in [0.2, 0.25) is 0 Å². The first-order valence-corrected chi connectivity index (χ1v) is 6.26. The van der Waals surface area contributed by atoms with Crippen molar-refractivity contribution in [2.24, 2.45) is 0 Å². The zero-order chi connectivity index (χ0) is 12.4. The maximum atomic E-state index is 11.0. The van der Waals surface area contributed by atoms with Crippen molar-refractivity contribution in [2.75, 3.05) is 13.1 Å². The predicted molar refractivity (Wildman–Crippen MR) is 68.3 cm³/mol. The summed E-state index contributed by atoms with van der Waals surface area (Å²) in [4.78, 5) is 12.5. The van der Waals surface area contributed by atoms with Gasteiger partial charge in [0, 0.05) is 13.0 Å². The number of hydrogen-bond donors (Lipinski definition) is 0. The topological polar surface area (TPSA) is 29.5 Å². The van der Waals surface area contributed by atoms with Crippen LogP contribution in [0.2, 0.25) is 10.0 Å². The third-order valence-corrected chi connectivity index (χ3v) is 3.64. The van der Waals surface area contributed by atoms with Gasteiger partial charge in [-0.3, -0.25) is 4.79 Å². The van der Waals surface area contributed by atoms with Crippen molar-refractivity contribution in [2.45, 2.75) is 12.5 Å². The van der Waals surface area contributed by atoms with E-state index < -0.39 is 5.37 Å². The second-order valence-corrected chi connectivity index (χ2v) is 4.89. The molecule has 1 amide bonds. The Hall–Kier alpha value is -0.640. The molecule has 1 aliphatic heterocycles. The van der Waals surface area contributed by atoms with E-state index in [1.165, 1.54) is 4.90 Å². The van der Waals surface area contributed by atoms with E-state index in [4.69, 9.17) is 39.5 Å². The van der Waals surface area contributed by atoms with E-state index in [-0.39, 0.29) is 6.10 Å². The fourth-order valence-electron chi connectivity index (χ4n) is 1.74. The number of carbonyl (C=O) groups excluding carboxylic acids is 1. The van der Waals surface area contributed by atoms with Gasteiger partial charge >= 0.3 is 5.37 Å². The van der Waals surface area contributed by atoms with Gasteiger partial charge in [0.1, 0.15) is 16.9 Å². The molecule has 0 spiro atoms. The van der Waals surface area contributed by atoms with Crippen LogP contribution in [-0.2, 0) is 0 Å². The van der Waals surface area contributed by atoms with Gasteiger partial charge in [-0.15, -0.1) is 0 Å². The number of rotatable bonds is 2. The van der Waals surface area contributed by atoms with Gasteiger partial charge in [-0.05, 0) is 23.7 Å². The summed E-state index contributed by atoms with van der Waals surface area (Å²) in [7, 11) is 0. The van der Waals surface area contributed by atoms with E-state index in [1.54, 1.807) is 18.2 Å². The largest absolute Gasteiger partial charge is 0.487 e. The van der Waals surface area contributed by atoms with Gasteiger partial charge in [-0.25, -0.2) is 0 Å². The molecule has 0 saturated carbocycles. The quantitative estimate of drug-likeness (QED) is 0.613. The maximum absolute atomic E-state index is 11.0. The average molecular weight is 295 g/mol. The lowest BCUT2D eigenvalue weighted by Crippen LogP contribution is -2.26. The number of likely N-dealkylation sites (tertiary alicyclic amines) is 1. The highest BCUT2D eigenvalue weighted by Gasteiger charge is 2.27. The molecule has 0 aliphatic carbocycles. The minimum atomic E-state index is -0.451. The molecule has 1 heterocycles. The van der Waals surface area contributed by atoms with Crippen LogP contribution in [0.15, 0.2) is 18.2 Å². The second-order valence-electron chi connectivity index (χ2n) is 3.78. The predicted octanol–water partition coefficient (Wildman–Crippen LogP) is 3.81. The van der Waals surface area contributed by atoms with E-state index >= 15 is 0 Å². The molecule has 1 atom stereocenters. The van der Waals surface area contributed by atoms with Gasteiger partial charge < -0.3 is 9.64 Å². The number of carbonyl (C=O) groups is 1. The molecule has 1 aromatic carbocycles. The van der Waals surface area contributed by atoms with Crippen molar-refractivity contribution in [1.82, 2.24) is 4.90 Å². The molecule has 1 aromatic rings. The summed E-state index contributed by atoms with van der Waals surface area (Å²) in [6, 6.07) is 5.21. The van der Waals surface area contributed by atoms with Crippen molar-refractivity contribution in [3.63, 3.8) is 0 Å². The Labute approximate surface area is 114 Å². The molecule has 0 radical (unpaired) electrons. The molecule has 1 aliphatic rings. The zero-order valence-electron chi connectivity index (χ0n) is 8.83. The van der Waals surface area contributed by atoms with Crippen molar-refractivity contribution in [3.05, 3.63) is 28.2 Å². The molecular formula is C11H10Cl3NO2. The number of benzene rings is 1. The first kappa shape index (κ1) is 12.8. The highest BCUT2D eigenvalue weighted by molar-refractivity contribution is 6.62. The molecule has 2 rings (SSSR count). The molecule has 0 N–H and O–H groups in total. The van der Waals surface area contributed by atoms with E-state index in [0.29, 0.717) is 28.9 Å². The van der Waals surface area contributed by atoms with Crippen LogP contribution in [0.25, 0.3) is 0 Å². The molecule has 1 unspecified atom stereocenters. The average Bonchev–Trinajstić information content (AvgIpc) is 2.73. The molecule has 17 heavy (non-hydrogen) atoms. The van der Waals surface area contributed by atoms with Crippen LogP contribution in [0.4, 0.5) is 4.79 Å². The first-order chi connectivity index (χ1) is 8.08. The smallest absolute Gasteiger partial charge is 0.316 e. The Morgan fingerprint density at radius 3 is 2.82 bits per heavy atom. The van der Waals surface area contributed by atoms with Crippen molar-refractivity contribution >= 4 is 40.2 Å². The molecule has 0 bridgehead atoms. The van der Waals surface area contributed by atoms with Crippen LogP contribution in [0.5, 0.6) is 5.75 Å². The Morgan fingerprint density at radius 1 is 1.41 bits per heavy atom. The number of hydrogen-bond acceptors (Lipinski definition) is 2. The van der Waals surface area contributed by atoms with Crippen LogP contribution >= 0.6 is 34.8 Å². The lowest BCUT2D eigenvalue weighted by molar-refractivity contribution is 0.199. The van der Waals surface area contributed by atoms with Gasteiger partial charge in [0.25, 0.3) is 0 Å². The van der Waals surface area contributed by atoms with Crippen LogP contribution in [0.1, 0.15) is 6.42 Å². The van der Waals surface area contributed by atoms with Crippen molar-refractivity contribution in [3.8, 4) is 5.75 Å². The monoisotopic (exact) mass is 293 g/mol. The van der Waals surface area contributed by atoms with Crippen molar-refractivity contribution in [1.29, 1.82) is 0 Å². The standard InChI is InChI=1S/C11H10Cl3NO2/c12-8-2-1-3-9(10(8)13)17-7-4-5-15(6-7)11(14)16/h1-3,7H,4-6H2. The summed E-state index contributed by atoms with van der Waals surface area (Å²) in [5.41, 5.74) is 0. The Bertz CT molecular complexity index is 439. The molecule has 0 aromatic heterocycles. The Kier molecular flexibility index (Phi) is 4.02. The summed E-state index contributed by atoms with van der Waals surface area (Å²) < 4.78 is 5.70. The zero-order valence-corrected chi connectivity index (χ0v) is 11.1. The van der Waals surface area contributed by atoms with E-state index in [9.17, 15) is 4.79 Å². The summed E-state index contributed by atoms with van der Waals surface area (Å²) in [6.45, 7) is 1.08. The molecule has 92 valence electrons. The highest BCUT2D eigenvalue weighted by Crippen LogP contribution is 2.33. The number of ether oxygens (including phenoxy) is 1.